The van der Waals surface area contributed by atoms with Gasteiger partial charge in [0.2, 0.25) is 11.8 Å². The molecule has 2 aromatic carbocycles. The van der Waals surface area contributed by atoms with Crippen molar-refractivity contribution >= 4 is 17.7 Å². The molecule has 1 N–H and O–H groups in total. The quantitative estimate of drug-likeness (QED) is 0.694. The summed E-state index contributed by atoms with van der Waals surface area (Å²) in [6.07, 6.45) is 0. The van der Waals surface area contributed by atoms with Crippen LogP contribution in [0.3, 0.4) is 0 Å². The molecule has 3 aromatic rings. The minimum atomic E-state index is -0.0733. The summed E-state index contributed by atoms with van der Waals surface area (Å²) < 4.78 is 5.57. The maximum absolute atomic E-state index is 12.1. The van der Waals surface area contributed by atoms with Crippen molar-refractivity contribution in [3.05, 3.63) is 66.2 Å². The Labute approximate surface area is 144 Å². The minimum Gasteiger partial charge on any atom is -0.411 e. The highest BCUT2D eigenvalue weighted by molar-refractivity contribution is 7.99. The van der Waals surface area contributed by atoms with Gasteiger partial charge in [-0.15, -0.1) is 10.2 Å². The number of benzene rings is 2. The molecule has 1 amide bonds. The molecule has 1 atom stereocenters. The molecule has 0 unspecified atom stereocenters. The van der Waals surface area contributed by atoms with Gasteiger partial charge in [0.15, 0.2) is 0 Å². The van der Waals surface area contributed by atoms with Gasteiger partial charge in [-0.25, -0.2) is 0 Å². The van der Waals surface area contributed by atoms with Gasteiger partial charge < -0.3 is 9.73 Å². The van der Waals surface area contributed by atoms with Crippen LogP contribution in [-0.2, 0) is 4.79 Å². The third kappa shape index (κ3) is 4.23. The fourth-order valence-electron chi connectivity index (χ4n) is 2.20. The van der Waals surface area contributed by atoms with Gasteiger partial charge in [-0.05, 0) is 24.6 Å². The van der Waals surface area contributed by atoms with Crippen LogP contribution in [-0.4, -0.2) is 21.9 Å². The molecule has 0 fully saturated rings. The normalized spacial score (nSPS) is 11.9. The number of rotatable bonds is 6. The molecule has 24 heavy (non-hydrogen) atoms. The molecular formula is C18H17N3O2S. The lowest BCUT2D eigenvalue weighted by atomic mass is 10.1. The highest BCUT2D eigenvalue weighted by Gasteiger charge is 2.13. The first-order valence-electron chi connectivity index (χ1n) is 7.58. The molecule has 1 heterocycles. The molecule has 1 aromatic heterocycles. The minimum absolute atomic E-state index is 0.0399. The van der Waals surface area contributed by atoms with Crippen molar-refractivity contribution < 1.29 is 9.21 Å². The van der Waals surface area contributed by atoms with Crippen LogP contribution in [0.4, 0.5) is 0 Å². The number of nitrogens with one attached hydrogen (secondary N) is 1. The zero-order valence-corrected chi connectivity index (χ0v) is 14.0. The SMILES string of the molecule is C[C@H](NC(=O)CSc1nnc(-c2ccccc2)o1)c1ccccc1. The van der Waals surface area contributed by atoms with Crippen molar-refractivity contribution in [1.29, 1.82) is 0 Å². The largest absolute Gasteiger partial charge is 0.411 e. The Hall–Kier alpha value is -2.60. The Kier molecular flexibility index (Phi) is 5.28. The van der Waals surface area contributed by atoms with Gasteiger partial charge >= 0.3 is 0 Å². The topological polar surface area (TPSA) is 68.0 Å². The van der Waals surface area contributed by atoms with Gasteiger partial charge in [-0.1, -0.05) is 60.3 Å². The third-order valence-corrected chi connectivity index (χ3v) is 4.25. The van der Waals surface area contributed by atoms with Crippen molar-refractivity contribution in [3.8, 4) is 11.5 Å². The average Bonchev–Trinajstić information content (AvgIpc) is 3.10. The Balaban J connectivity index is 1.53. The second-order valence-corrected chi connectivity index (χ2v) is 6.15. The number of amides is 1. The van der Waals surface area contributed by atoms with Gasteiger partial charge in [0.05, 0.1) is 11.8 Å². The van der Waals surface area contributed by atoms with Crippen molar-refractivity contribution in [2.45, 2.75) is 18.2 Å². The number of aromatic nitrogens is 2. The fourth-order valence-corrected chi connectivity index (χ4v) is 2.78. The van der Waals surface area contributed by atoms with E-state index >= 15 is 0 Å². The Morgan fingerprint density at radius 3 is 2.46 bits per heavy atom. The van der Waals surface area contributed by atoms with E-state index < -0.39 is 0 Å². The number of hydrogen-bond acceptors (Lipinski definition) is 5. The molecule has 3 rings (SSSR count). The van der Waals surface area contributed by atoms with E-state index in [-0.39, 0.29) is 17.7 Å². The second kappa shape index (κ2) is 7.79. The van der Waals surface area contributed by atoms with Crippen LogP contribution in [0.1, 0.15) is 18.5 Å². The Morgan fingerprint density at radius 2 is 1.75 bits per heavy atom. The lowest BCUT2D eigenvalue weighted by Crippen LogP contribution is -2.28. The molecule has 0 bridgehead atoms. The molecule has 6 heteroatoms. The summed E-state index contributed by atoms with van der Waals surface area (Å²) in [4.78, 5) is 12.1. The summed E-state index contributed by atoms with van der Waals surface area (Å²) in [5, 5.41) is 11.3. The first kappa shape index (κ1) is 16.3. The van der Waals surface area contributed by atoms with Crippen LogP contribution in [0.25, 0.3) is 11.5 Å². The molecule has 122 valence electrons. The maximum atomic E-state index is 12.1. The molecule has 0 saturated heterocycles. The van der Waals surface area contributed by atoms with Crippen LogP contribution in [0.5, 0.6) is 0 Å². The lowest BCUT2D eigenvalue weighted by Gasteiger charge is -2.13. The standard InChI is InChI=1S/C18H17N3O2S/c1-13(14-8-4-2-5-9-14)19-16(22)12-24-18-21-20-17(23-18)15-10-6-3-7-11-15/h2-11,13H,12H2,1H3,(H,19,22)/t13-/m0/s1. The van der Waals surface area contributed by atoms with Gasteiger partial charge in [0, 0.05) is 5.56 Å². The van der Waals surface area contributed by atoms with Crippen LogP contribution < -0.4 is 5.32 Å². The number of carbonyl (C=O) groups excluding carboxylic acids is 1. The van der Waals surface area contributed by atoms with Gasteiger partial charge in [-0.2, -0.15) is 0 Å². The van der Waals surface area contributed by atoms with E-state index in [4.69, 9.17) is 4.42 Å². The third-order valence-electron chi connectivity index (χ3n) is 3.43. The van der Waals surface area contributed by atoms with E-state index in [1.165, 1.54) is 11.8 Å². The van der Waals surface area contributed by atoms with Crippen LogP contribution in [0, 0.1) is 0 Å². The van der Waals surface area contributed by atoms with Crippen molar-refractivity contribution in [2.75, 3.05) is 5.75 Å². The predicted octanol–water partition coefficient (Wildman–Crippen LogP) is 3.71. The molecule has 0 spiro atoms. The van der Waals surface area contributed by atoms with Crippen molar-refractivity contribution in [3.63, 3.8) is 0 Å². The van der Waals surface area contributed by atoms with Gasteiger partial charge in [-0.3, -0.25) is 4.79 Å². The van der Waals surface area contributed by atoms with Crippen LogP contribution in [0.2, 0.25) is 0 Å². The zero-order chi connectivity index (χ0) is 16.8. The number of nitrogens with zero attached hydrogens (tertiary/aromatic N) is 2. The van der Waals surface area contributed by atoms with E-state index in [0.717, 1.165) is 11.1 Å². The molecule has 0 aliphatic carbocycles. The smallest absolute Gasteiger partial charge is 0.277 e. The van der Waals surface area contributed by atoms with Gasteiger partial charge in [0.25, 0.3) is 5.22 Å². The second-order valence-electron chi connectivity index (χ2n) is 5.23. The van der Waals surface area contributed by atoms with E-state index in [9.17, 15) is 4.79 Å². The number of carbonyl (C=O) groups is 1. The zero-order valence-electron chi connectivity index (χ0n) is 13.2. The number of thioether (sulfide) groups is 1. The summed E-state index contributed by atoms with van der Waals surface area (Å²) in [5.74, 6) is 0.611. The summed E-state index contributed by atoms with van der Waals surface area (Å²) >= 11 is 1.23. The first-order chi connectivity index (χ1) is 11.7. The maximum Gasteiger partial charge on any atom is 0.277 e. The molecule has 0 radical (unpaired) electrons. The van der Waals surface area contributed by atoms with Gasteiger partial charge in [0.1, 0.15) is 0 Å². The summed E-state index contributed by atoms with van der Waals surface area (Å²) in [6, 6.07) is 19.3. The molecule has 0 saturated carbocycles. The Morgan fingerprint density at radius 1 is 1.08 bits per heavy atom. The van der Waals surface area contributed by atoms with Crippen LogP contribution in [0.15, 0.2) is 70.3 Å². The van der Waals surface area contributed by atoms with E-state index in [1.807, 2.05) is 67.6 Å². The molecular weight excluding hydrogens is 322 g/mol. The van der Waals surface area contributed by atoms with Crippen LogP contribution >= 0.6 is 11.8 Å². The summed E-state index contributed by atoms with van der Waals surface area (Å²) in [5.41, 5.74) is 1.93. The van der Waals surface area contributed by atoms with E-state index in [0.29, 0.717) is 11.1 Å². The highest BCUT2D eigenvalue weighted by Crippen LogP contribution is 2.22. The summed E-state index contributed by atoms with van der Waals surface area (Å²) in [6.45, 7) is 1.96. The first-order valence-corrected chi connectivity index (χ1v) is 8.57. The molecule has 0 aliphatic rings. The predicted molar refractivity (Wildman–Crippen MR) is 93.5 cm³/mol. The number of hydrogen-bond donors (Lipinski definition) is 1. The average molecular weight is 339 g/mol. The lowest BCUT2D eigenvalue weighted by molar-refractivity contribution is -0.119. The fraction of sp³-hybridized carbons (Fsp3) is 0.167. The Bertz CT molecular complexity index is 790. The summed E-state index contributed by atoms with van der Waals surface area (Å²) in [7, 11) is 0. The van der Waals surface area contributed by atoms with E-state index in [2.05, 4.69) is 15.5 Å². The monoisotopic (exact) mass is 339 g/mol. The van der Waals surface area contributed by atoms with E-state index in [1.54, 1.807) is 0 Å². The highest BCUT2D eigenvalue weighted by atomic mass is 32.2. The molecule has 0 aliphatic heterocycles. The molecule has 5 nitrogen and oxygen atoms in total. The van der Waals surface area contributed by atoms with Crippen molar-refractivity contribution in [1.82, 2.24) is 15.5 Å². The van der Waals surface area contributed by atoms with Crippen molar-refractivity contribution in [2.24, 2.45) is 0 Å².